The molecule has 4 heterocycles. The molecule has 1 fully saturated rings. The van der Waals surface area contributed by atoms with Crippen molar-refractivity contribution in [2.75, 3.05) is 20.2 Å². The van der Waals surface area contributed by atoms with Crippen LogP contribution in [-0.4, -0.2) is 44.7 Å². The second-order valence-electron chi connectivity index (χ2n) is 7.85. The Balaban J connectivity index is 1.36. The molecule has 1 aliphatic rings. The Labute approximate surface area is 176 Å². The van der Waals surface area contributed by atoms with Crippen molar-refractivity contribution in [3.05, 3.63) is 78.5 Å². The molecule has 0 spiro atoms. The minimum absolute atomic E-state index is 0.362. The monoisotopic (exact) mass is 399 g/mol. The van der Waals surface area contributed by atoms with Crippen LogP contribution in [0.2, 0.25) is 0 Å². The molecule has 5 rings (SSSR count). The average Bonchev–Trinajstić information content (AvgIpc) is 3.23. The van der Waals surface area contributed by atoms with Gasteiger partial charge < -0.3 is 4.74 Å². The fraction of sp³-hybridized carbons (Fsp3) is 0.292. The van der Waals surface area contributed by atoms with Crippen LogP contribution in [-0.2, 0) is 6.54 Å². The Kier molecular flexibility index (Phi) is 5.15. The molecule has 152 valence electrons. The van der Waals surface area contributed by atoms with E-state index >= 15 is 0 Å². The number of piperidine rings is 1. The van der Waals surface area contributed by atoms with E-state index in [9.17, 15) is 0 Å². The van der Waals surface area contributed by atoms with Crippen LogP contribution < -0.4 is 4.74 Å². The number of ether oxygens (including phenoxy) is 1. The number of aromatic nitrogens is 4. The zero-order valence-electron chi connectivity index (χ0n) is 17.1. The molecule has 0 aliphatic carbocycles. The lowest BCUT2D eigenvalue weighted by Gasteiger charge is -2.31. The largest absolute Gasteiger partial charge is 0.497 e. The Morgan fingerprint density at radius 3 is 2.83 bits per heavy atom. The van der Waals surface area contributed by atoms with Gasteiger partial charge in [0.2, 0.25) is 0 Å². The predicted molar refractivity (Wildman–Crippen MR) is 116 cm³/mol. The van der Waals surface area contributed by atoms with Gasteiger partial charge in [0.1, 0.15) is 5.75 Å². The van der Waals surface area contributed by atoms with Gasteiger partial charge in [-0.25, -0.2) is 9.50 Å². The van der Waals surface area contributed by atoms with Crippen molar-refractivity contribution in [3.63, 3.8) is 0 Å². The maximum absolute atomic E-state index is 5.36. The zero-order chi connectivity index (χ0) is 20.3. The lowest BCUT2D eigenvalue weighted by atomic mass is 9.97. The molecule has 1 atom stereocenters. The number of benzene rings is 1. The van der Waals surface area contributed by atoms with E-state index in [-0.39, 0.29) is 0 Å². The third-order valence-electron chi connectivity index (χ3n) is 5.78. The van der Waals surface area contributed by atoms with E-state index in [4.69, 9.17) is 14.8 Å². The van der Waals surface area contributed by atoms with Gasteiger partial charge in [0, 0.05) is 43.2 Å². The summed E-state index contributed by atoms with van der Waals surface area (Å²) in [6.07, 6.45) is 8.08. The highest BCUT2D eigenvalue weighted by Gasteiger charge is 2.24. The molecule has 4 aromatic rings. The molecule has 1 saturated heterocycles. The zero-order valence-corrected chi connectivity index (χ0v) is 17.1. The SMILES string of the molecule is COc1cccc(-c2ccc3nc(C4CCCN(Cc5ccncc5)C4)nn3c2)c1. The topological polar surface area (TPSA) is 55.5 Å². The molecule has 0 amide bonds. The lowest BCUT2D eigenvalue weighted by Crippen LogP contribution is -2.34. The minimum Gasteiger partial charge on any atom is -0.497 e. The third-order valence-corrected chi connectivity index (χ3v) is 5.78. The Hall–Kier alpha value is -3.25. The summed E-state index contributed by atoms with van der Waals surface area (Å²) in [5.41, 5.74) is 4.40. The summed E-state index contributed by atoms with van der Waals surface area (Å²) in [4.78, 5) is 11.4. The fourth-order valence-electron chi connectivity index (χ4n) is 4.20. The van der Waals surface area contributed by atoms with Crippen molar-refractivity contribution < 1.29 is 4.74 Å². The predicted octanol–water partition coefficient (Wildman–Crippen LogP) is 4.18. The number of rotatable bonds is 5. The molecule has 1 aromatic carbocycles. The third kappa shape index (κ3) is 3.91. The highest BCUT2D eigenvalue weighted by Crippen LogP contribution is 2.28. The van der Waals surface area contributed by atoms with Crippen molar-refractivity contribution in [1.29, 1.82) is 0 Å². The van der Waals surface area contributed by atoms with Crippen LogP contribution in [0.1, 0.15) is 30.1 Å². The summed E-state index contributed by atoms with van der Waals surface area (Å²) in [6.45, 7) is 3.06. The number of fused-ring (bicyclic) bond motifs is 1. The molecule has 1 unspecified atom stereocenters. The van der Waals surface area contributed by atoms with Crippen molar-refractivity contribution in [3.8, 4) is 16.9 Å². The van der Waals surface area contributed by atoms with E-state index in [1.54, 1.807) is 7.11 Å². The first-order valence-electron chi connectivity index (χ1n) is 10.4. The Morgan fingerprint density at radius 1 is 1.07 bits per heavy atom. The average molecular weight is 399 g/mol. The Morgan fingerprint density at radius 2 is 1.97 bits per heavy atom. The molecule has 6 heteroatoms. The first-order valence-corrected chi connectivity index (χ1v) is 10.4. The van der Waals surface area contributed by atoms with Gasteiger partial charge in [-0.15, -0.1) is 0 Å². The highest BCUT2D eigenvalue weighted by molar-refractivity contribution is 5.65. The van der Waals surface area contributed by atoms with Gasteiger partial charge in [0.15, 0.2) is 11.5 Å². The van der Waals surface area contributed by atoms with Gasteiger partial charge in [-0.3, -0.25) is 9.88 Å². The van der Waals surface area contributed by atoms with Crippen LogP contribution in [0.3, 0.4) is 0 Å². The summed E-state index contributed by atoms with van der Waals surface area (Å²) in [5.74, 6) is 2.15. The maximum atomic E-state index is 5.36. The number of methoxy groups -OCH3 is 1. The smallest absolute Gasteiger partial charge is 0.156 e. The molecule has 3 aromatic heterocycles. The van der Waals surface area contributed by atoms with Gasteiger partial charge >= 0.3 is 0 Å². The van der Waals surface area contributed by atoms with Crippen molar-refractivity contribution in [1.82, 2.24) is 24.5 Å². The van der Waals surface area contributed by atoms with Crippen molar-refractivity contribution in [2.45, 2.75) is 25.3 Å². The first kappa shape index (κ1) is 18.8. The van der Waals surface area contributed by atoms with E-state index in [0.29, 0.717) is 5.92 Å². The quantitative estimate of drug-likeness (QED) is 0.504. The molecule has 1 aliphatic heterocycles. The standard InChI is InChI=1S/C24H25N5O/c1-30-22-6-2-4-19(14-22)20-7-8-23-26-24(27-29(23)17-20)21-5-3-13-28(16-21)15-18-9-11-25-12-10-18/h2,4,6-12,14,17,21H,3,5,13,15-16H2,1H3. The second kappa shape index (κ2) is 8.24. The number of hydrogen-bond acceptors (Lipinski definition) is 5. The normalized spacial score (nSPS) is 17.3. The van der Waals surface area contributed by atoms with Crippen molar-refractivity contribution in [2.24, 2.45) is 0 Å². The van der Waals surface area contributed by atoms with E-state index in [1.807, 2.05) is 41.2 Å². The van der Waals surface area contributed by atoms with Crippen LogP contribution in [0.5, 0.6) is 5.75 Å². The summed E-state index contributed by atoms with van der Waals surface area (Å²) in [5, 5.41) is 4.84. The second-order valence-corrected chi connectivity index (χ2v) is 7.85. The van der Waals surface area contributed by atoms with Gasteiger partial charge in [-0.1, -0.05) is 12.1 Å². The molecule has 30 heavy (non-hydrogen) atoms. The summed E-state index contributed by atoms with van der Waals surface area (Å²) in [6, 6.07) is 16.4. The van der Waals surface area contributed by atoms with E-state index < -0.39 is 0 Å². The van der Waals surface area contributed by atoms with Crippen LogP contribution in [0, 0.1) is 0 Å². The van der Waals surface area contributed by atoms with Crippen LogP contribution in [0.15, 0.2) is 67.1 Å². The molecule has 0 radical (unpaired) electrons. The maximum Gasteiger partial charge on any atom is 0.156 e. The summed E-state index contributed by atoms with van der Waals surface area (Å²) < 4.78 is 7.27. The van der Waals surface area contributed by atoms with Gasteiger partial charge in [-0.05, 0) is 66.9 Å². The lowest BCUT2D eigenvalue weighted by molar-refractivity contribution is 0.196. The molecule has 0 bridgehead atoms. The van der Waals surface area contributed by atoms with Gasteiger partial charge in [0.05, 0.1) is 7.11 Å². The van der Waals surface area contributed by atoms with E-state index in [2.05, 4.69) is 40.3 Å². The van der Waals surface area contributed by atoms with E-state index in [1.165, 1.54) is 12.0 Å². The number of likely N-dealkylation sites (tertiary alicyclic amines) is 1. The van der Waals surface area contributed by atoms with Gasteiger partial charge in [-0.2, -0.15) is 5.10 Å². The molecular formula is C24H25N5O. The molecule has 0 saturated carbocycles. The number of hydrogen-bond donors (Lipinski definition) is 0. The number of nitrogens with zero attached hydrogens (tertiary/aromatic N) is 5. The highest BCUT2D eigenvalue weighted by atomic mass is 16.5. The molecular weight excluding hydrogens is 374 g/mol. The minimum atomic E-state index is 0.362. The fourth-order valence-corrected chi connectivity index (χ4v) is 4.20. The van der Waals surface area contributed by atoms with Crippen LogP contribution in [0.4, 0.5) is 0 Å². The first-order chi connectivity index (χ1) is 14.8. The molecule has 0 N–H and O–H groups in total. The molecule has 6 nitrogen and oxygen atoms in total. The van der Waals surface area contributed by atoms with E-state index in [0.717, 1.165) is 54.4 Å². The van der Waals surface area contributed by atoms with Crippen LogP contribution >= 0.6 is 0 Å². The van der Waals surface area contributed by atoms with Crippen molar-refractivity contribution >= 4 is 5.65 Å². The summed E-state index contributed by atoms with van der Waals surface area (Å²) in [7, 11) is 1.69. The summed E-state index contributed by atoms with van der Waals surface area (Å²) >= 11 is 0. The van der Waals surface area contributed by atoms with Gasteiger partial charge in [0.25, 0.3) is 0 Å². The van der Waals surface area contributed by atoms with Crippen LogP contribution in [0.25, 0.3) is 16.8 Å². The number of pyridine rings is 2. The Bertz CT molecular complexity index is 1140.